The molecular weight excluding hydrogens is 324 g/mol. The summed E-state index contributed by atoms with van der Waals surface area (Å²) in [5.41, 5.74) is 2.72. The Bertz CT molecular complexity index is 836. The average Bonchev–Trinajstić information content (AvgIpc) is 2.89. The van der Waals surface area contributed by atoms with Crippen molar-refractivity contribution in [3.63, 3.8) is 0 Å². The summed E-state index contributed by atoms with van der Waals surface area (Å²) in [6, 6.07) is 3.57. The van der Waals surface area contributed by atoms with E-state index in [4.69, 9.17) is 4.74 Å². The molecule has 2 rings (SSSR count). The van der Waals surface area contributed by atoms with Gasteiger partial charge in [-0.05, 0) is 49.9 Å². The zero-order valence-electron chi connectivity index (χ0n) is 15.3. The third kappa shape index (κ3) is 3.34. The Kier molecular flexibility index (Phi) is 5.38. The molecule has 0 saturated carbocycles. The number of rotatable bonds is 6. The van der Waals surface area contributed by atoms with Crippen molar-refractivity contribution in [2.75, 3.05) is 6.61 Å². The lowest BCUT2D eigenvalue weighted by Gasteiger charge is -2.18. The quantitative estimate of drug-likeness (QED) is 0.794. The van der Waals surface area contributed by atoms with Crippen molar-refractivity contribution in [2.45, 2.75) is 58.8 Å². The zero-order chi connectivity index (χ0) is 18.1. The van der Waals surface area contributed by atoms with Crippen LogP contribution < -0.4 is 4.74 Å². The van der Waals surface area contributed by atoms with E-state index in [1.807, 2.05) is 26.8 Å². The molecule has 2 aromatic rings. The van der Waals surface area contributed by atoms with E-state index in [0.717, 1.165) is 11.1 Å². The van der Waals surface area contributed by atoms with Gasteiger partial charge in [0.05, 0.1) is 12.3 Å². The van der Waals surface area contributed by atoms with Gasteiger partial charge in [-0.1, -0.05) is 20.8 Å². The maximum atomic E-state index is 13.3. The molecule has 132 valence electrons. The summed E-state index contributed by atoms with van der Waals surface area (Å²) < 4.78 is 33.4. The fourth-order valence-electron chi connectivity index (χ4n) is 2.84. The Hall–Kier alpha value is -1.82. The summed E-state index contributed by atoms with van der Waals surface area (Å²) in [6.07, 6.45) is 2.11. The summed E-state index contributed by atoms with van der Waals surface area (Å²) in [4.78, 5) is 4.51. The van der Waals surface area contributed by atoms with Crippen molar-refractivity contribution >= 4 is 10.0 Å². The topological polar surface area (TPSA) is 61.2 Å². The highest BCUT2D eigenvalue weighted by Crippen LogP contribution is 2.33. The van der Waals surface area contributed by atoms with Crippen molar-refractivity contribution in [1.82, 2.24) is 8.96 Å². The predicted octanol–water partition coefficient (Wildman–Crippen LogP) is 3.82. The van der Waals surface area contributed by atoms with Crippen LogP contribution in [0.15, 0.2) is 23.2 Å². The fourth-order valence-corrected chi connectivity index (χ4v) is 4.44. The van der Waals surface area contributed by atoms with Crippen LogP contribution >= 0.6 is 0 Å². The van der Waals surface area contributed by atoms with E-state index in [9.17, 15) is 8.42 Å². The number of hydrogen-bond donors (Lipinski definition) is 0. The lowest BCUT2D eigenvalue weighted by atomic mass is 9.98. The molecule has 0 saturated heterocycles. The molecule has 0 aliphatic carbocycles. The van der Waals surface area contributed by atoms with Gasteiger partial charge in [-0.2, -0.15) is 0 Å². The van der Waals surface area contributed by atoms with Crippen molar-refractivity contribution in [1.29, 1.82) is 0 Å². The van der Waals surface area contributed by atoms with E-state index >= 15 is 0 Å². The first-order valence-electron chi connectivity index (χ1n) is 8.30. The van der Waals surface area contributed by atoms with E-state index in [0.29, 0.717) is 30.3 Å². The Morgan fingerprint density at radius 1 is 1.21 bits per heavy atom. The molecule has 0 radical (unpaired) electrons. The lowest BCUT2D eigenvalue weighted by molar-refractivity contribution is 0.330. The van der Waals surface area contributed by atoms with Crippen LogP contribution in [-0.2, 0) is 16.4 Å². The summed E-state index contributed by atoms with van der Waals surface area (Å²) in [7, 11) is -3.76. The average molecular weight is 350 g/mol. The number of nitrogens with zero attached hydrogens (tertiary/aromatic N) is 2. The number of hydrogen-bond acceptors (Lipinski definition) is 4. The molecule has 1 aromatic carbocycles. The van der Waals surface area contributed by atoms with E-state index in [2.05, 4.69) is 18.8 Å². The second kappa shape index (κ2) is 6.97. The fraction of sp³-hybridized carbons (Fsp3) is 0.500. The molecule has 0 amide bonds. The normalized spacial score (nSPS) is 12.0. The van der Waals surface area contributed by atoms with Crippen molar-refractivity contribution in [2.24, 2.45) is 0 Å². The molecule has 0 N–H and O–H groups in total. The molecule has 0 bridgehead atoms. The highest BCUT2D eigenvalue weighted by molar-refractivity contribution is 7.90. The molecule has 0 aliphatic heterocycles. The van der Waals surface area contributed by atoms with Crippen LogP contribution in [0.25, 0.3) is 0 Å². The Morgan fingerprint density at radius 2 is 1.88 bits per heavy atom. The van der Waals surface area contributed by atoms with Crippen molar-refractivity contribution in [3.05, 3.63) is 41.0 Å². The monoisotopic (exact) mass is 350 g/mol. The molecule has 0 aliphatic rings. The summed E-state index contributed by atoms with van der Waals surface area (Å²) in [5.74, 6) is 1.15. The van der Waals surface area contributed by atoms with Crippen LogP contribution in [-0.4, -0.2) is 24.0 Å². The first-order chi connectivity index (χ1) is 11.2. The highest BCUT2D eigenvalue weighted by atomic mass is 32.2. The van der Waals surface area contributed by atoms with Gasteiger partial charge >= 0.3 is 0 Å². The number of benzene rings is 1. The standard InChI is InChI=1S/C18H26N2O3S/c1-7-18-19-14(6)11-20(18)24(21,22)17-10-15(12(3)4)13(5)9-16(17)23-8-2/h9-12H,7-8H2,1-6H3. The molecular formula is C18H26N2O3S. The van der Waals surface area contributed by atoms with Crippen molar-refractivity contribution < 1.29 is 13.2 Å². The van der Waals surface area contributed by atoms with Gasteiger partial charge in [0.1, 0.15) is 16.5 Å². The summed E-state index contributed by atoms with van der Waals surface area (Å²) >= 11 is 0. The largest absolute Gasteiger partial charge is 0.492 e. The second-order valence-corrected chi connectivity index (χ2v) is 7.98. The molecule has 1 aromatic heterocycles. The van der Waals surface area contributed by atoms with Gasteiger partial charge in [-0.25, -0.2) is 17.4 Å². The molecule has 6 heteroatoms. The lowest BCUT2D eigenvalue weighted by Crippen LogP contribution is -2.17. The van der Waals surface area contributed by atoms with Gasteiger partial charge < -0.3 is 4.74 Å². The number of aryl methyl sites for hydroxylation is 3. The van der Waals surface area contributed by atoms with Crippen LogP contribution in [0.5, 0.6) is 5.75 Å². The Balaban J connectivity index is 2.74. The van der Waals surface area contributed by atoms with Gasteiger partial charge in [-0.3, -0.25) is 0 Å². The van der Waals surface area contributed by atoms with Gasteiger partial charge in [-0.15, -0.1) is 0 Å². The summed E-state index contributed by atoms with van der Waals surface area (Å²) in [5, 5.41) is 0. The van der Waals surface area contributed by atoms with Gasteiger partial charge in [0.25, 0.3) is 10.0 Å². The minimum atomic E-state index is -3.76. The Labute approximate surface area is 144 Å². The SMILES string of the molecule is CCOc1cc(C)c(C(C)C)cc1S(=O)(=O)n1cc(C)nc1CC. The van der Waals surface area contributed by atoms with Crippen LogP contribution in [0, 0.1) is 13.8 Å². The van der Waals surface area contributed by atoms with Gasteiger partial charge in [0.15, 0.2) is 0 Å². The summed E-state index contributed by atoms with van der Waals surface area (Å²) in [6.45, 7) is 12.0. The van der Waals surface area contributed by atoms with E-state index in [-0.39, 0.29) is 10.8 Å². The number of imidazole rings is 1. The van der Waals surface area contributed by atoms with Crippen LogP contribution in [0.1, 0.15) is 56.3 Å². The van der Waals surface area contributed by atoms with Crippen LogP contribution in [0.2, 0.25) is 0 Å². The Morgan fingerprint density at radius 3 is 2.42 bits per heavy atom. The van der Waals surface area contributed by atoms with Gasteiger partial charge in [0, 0.05) is 12.6 Å². The predicted molar refractivity (Wildman–Crippen MR) is 95.4 cm³/mol. The maximum Gasteiger partial charge on any atom is 0.272 e. The van der Waals surface area contributed by atoms with Crippen molar-refractivity contribution in [3.8, 4) is 5.75 Å². The van der Waals surface area contributed by atoms with E-state index in [1.165, 1.54) is 3.97 Å². The second-order valence-electron chi connectivity index (χ2n) is 6.20. The smallest absolute Gasteiger partial charge is 0.272 e. The molecule has 0 atom stereocenters. The van der Waals surface area contributed by atoms with E-state index < -0.39 is 10.0 Å². The van der Waals surface area contributed by atoms with Gasteiger partial charge in [0.2, 0.25) is 0 Å². The first kappa shape index (κ1) is 18.5. The molecule has 1 heterocycles. The molecule has 24 heavy (non-hydrogen) atoms. The third-order valence-electron chi connectivity index (χ3n) is 3.97. The third-order valence-corrected chi connectivity index (χ3v) is 5.68. The molecule has 0 fully saturated rings. The number of aromatic nitrogens is 2. The zero-order valence-corrected chi connectivity index (χ0v) is 16.1. The minimum absolute atomic E-state index is 0.200. The first-order valence-corrected chi connectivity index (χ1v) is 9.74. The van der Waals surface area contributed by atoms with E-state index in [1.54, 1.807) is 19.2 Å². The van der Waals surface area contributed by atoms with Crippen LogP contribution in [0.3, 0.4) is 0 Å². The van der Waals surface area contributed by atoms with Crippen LogP contribution in [0.4, 0.5) is 0 Å². The maximum absolute atomic E-state index is 13.3. The molecule has 0 unspecified atom stereocenters. The highest BCUT2D eigenvalue weighted by Gasteiger charge is 2.26. The number of ether oxygens (including phenoxy) is 1. The molecule has 0 spiro atoms. The minimum Gasteiger partial charge on any atom is -0.492 e. The molecule has 5 nitrogen and oxygen atoms in total.